The van der Waals surface area contributed by atoms with E-state index in [1.54, 1.807) is 11.9 Å². The number of pyridine rings is 1. The number of fused-ring (bicyclic) bond motifs is 1. The van der Waals surface area contributed by atoms with E-state index >= 15 is 0 Å². The Bertz CT molecular complexity index is 1080. The van der Waals surface area contributed by atoms with E-state index in [2.05, 4.69) is 66.0 Å². The lowest BCUT2D eigenvalue weighted by molar-refractivity contribution is 0.799. The number of nitrogens with zero attached hydrogens (tertiary/aromatic N) is 2. The first-order valence-corrected chi connectivity index (χ1v) is 13.1. The predicted molar refractivity (Wildman–Crippen MR) is 146 cm³/mol. The van der Waals surface area contributed by atoms with Crippen molar-refractivity contribution in [2.45, 2.75) is 52.4 Å². The molecule has 1 heterocycles. The first-order chi connectivity index (χ1) is 16.1. The van der Waals surface area contributed by atoms with Crippen LogP contribution in [0.4, 0.5) is 11.5 Å². The number of nitrogen functional groups attached to an aromatic ring is 2. The lowest BCUT2D eigenvalue weighted by Crippen LogP contribution is -2.13. The predicted octanol–water partition coefficient (Wildman–Crippen LogP) is 5.59. The first kappa shape index (κ1) is 25.1. The molecule has 3 aromatic rings. The summed E-state index contributed by atoms with van der Waals surface area (Å²) in [6.45, 7) is 6.12. The van der Waals surface area contributed by atoms with Gasteiger partial charge < -0.3 is 11.5 Å². The first-order valence-electron chi connectivity index (χ1n) is 11.9. The van der Waals surface area contributed by atoms with Gasteiger partial charge in [0.15, 0.2) is 0 Å². The summed E-state index contributed by atoms with van der Waals surface area (Å²) in [5, 5.41) is 1.02. The monoisotopic (exact) mass is 463 g/mol. The minimum Gasteiger partial charge on any atom is -0.395 e. The molecule has 0 spiro atoms. The van der Waals surface area contributed by atoms with Gasteiger partial charge in [0, 0.05) is 36.2 Å². The number of nitrogens with two attached hydrogens (primary N) is 2. The normalized spacial score (nSPS) is 11.9. The van der Waals surface area contributed by atoms with Gasteiger partial charge in [-0.2, -0.15) is 0 Å². The number of nitrogens with one attached hydrogen (secondary N) is 1. The van der Waals surface area contributed by atoms with Crippen molar-refractivity contribution in [3.8, 4) is 0 Å². The number of rotatable bonds is 12. The number of unbranched alkanes of at least 4 members (excludes halogenated alkanes) is 1. The highest BCUT2D eigenvalue weighted by atomic mass is 32.2. The number of benzene rings is 2. The second kappa shape index (κ2) is 12.6. The van der Waals surface area contributed by atoms with E-state index in [0.717, 1.165) is 73.8 Å². The Morgan fingerprint density at radius 3 is 2.42 bits per heavy atom. The van der Waals surface area contributed by atoms with Gasteiger partial charge in [-0.15, -0.1) is 0 Å². The second-order valence-corrected chi connectivity index (χ2v) is 9.06. The molecule has 6 heteroatoms. The summed E-state index contributed by atoms with van der Waals surface area (Å²) in [5.74, 6) is 0.378. The van der Waals surface area contributed by atoms with Crippen LogP contribution in [0.5, 0.6) is 0 Å². The van der Waals surface area contributed by atoms with Gasteiger partial charge in [-0.25, -0.2) is 4.98 Å². The Morgan fingerprint density at radius 1 is 1.00 bits per heavy atom. The molecule has 5 nitrogen and oxygen atoms in total. The molecule has 0 fully saturated rings. The fourth-order valence-electron chi connectivity index (χ4n) is 3.96. The lowest BCUT2D eigenvalue weighted by atomic mass is 9.95. The molecule has 0 aliphatic rings. The van der Waals surface area contributed by atoms with E-state index in [9.17, 15) is 0 Å². The van der Waals surface area contributed by atoms with E-state index < -0.39 is 0 Å². The van der Waals surface area contributed by atoms with Crippen LogP contribution in [0.1, 0.15) is 55.4 Å². The van der Waals surface area contributed by atoms with Gasteiger partial charge in [0.25, 0.3) is 0 Å². The maximum atomic E-state index is 6.53. The molecular formula is C27H37N5S. The summed E-state index contributed by atoms with van der Waals surface area (Å²) in [6.07, 6.45) is 8.01. The molecule has 176 valence electrons. The van der Waals surface area contributed by atoms with Gasteiger partial charge in [0.2, 0.25) is 0 Å². The average Bonchev–Trinajstić information content (AvgIpc) is 2.83. The second-order valence-electron chi connectivity index (χ2n) is 8.37. The smallest absolute Gasteiger partial charge is 0.148 e. The molecule has 1 aromatic heterocycles. The third-order valence-electron chi connectivity index (χ3n) is 5.91. The number of anilines is 2. The summed E-state index contributed by atoms with van der Waals surface area (Å²) in [6, 6.07) is 15.2. The SMILES string of the molecule is CCCCN=C(Cc1ccc(CC)cc1)c1c(N)c(N)nc2cc(CCCNSC)ccc12. The molecule has 0 unspecified atom stereocenters. The number of aromatic nitrogens is 1. The van der Waals surface area contributed by atoms with Crippen LogP contribution >= 0.6 is 11.9 Å². The Balaban J connectivity index is 2.00. The quantitative estimate of drug-likeness (QED) is 0.185. The summed E-state index contributed by atoms with van der Waals surface area (Å²) in [7, 11) is 0. The molecule has 3 rings (SSSR count). The van der Waals surface area contributed by atoms with E-state index in [1.165, 1.54) is 16.7 Å². The zero-order valence-electron chi connectivity index (χ0n) is 20.2. The van der Waals surface area contributed by atoms with Crippen molar-refractivity contribution in [3.63, 3.8) is 0 Å². The standard InChI is InChI=1S/C27H37N5S/c1-4-6-15-30-24(18-21-11-9-19(5-2)10-12-21)25-22-14-13-20(8-7-16-31-33-3)17-23(22)32-27(29)26(25)28/h9-14,17,31H,4-8,15-16,18,28H2,1-3H3,(H2,29,32). The van der Waals surface area contributed by atoms with Crippen LogP contribution in [-0.4, -0.2) is 30.0 Å². The number of aliphatic imine (C=N–C) groups is 1. The molecule has 5 N–H and O–H groups in total. The molecule has 0 saturated carbocycles. The highest BCUT2D eigenvalue weighted by molar-refractivity contribution is 7.96. The largest absolute Gasteiger partial charge is 0.395 e. The van der Waals surface area contributed by atoms with Gasteiger partial charge in [-0.05, 0) is 54.7 Å². The third kappa shape index (κ3) is 6.71. The number of hydrogen-bond acceptors (Lipinski definition) is 6. The summed E-state index contributed by atoms with van der Waals surface area (Å²) >= 11 is 1.65. The molecule has 2 aromatic carbocycles. The number of aryl methyl sites for hydroxylation is 2. The Morgan fingerprint density at radius 2 is 1.73 bits per heavy atom. The minimum absolute atomic E-state index is 0.378. The van der Waals surface area contributed by atoms with Crippen molar-refractivity contribution in [2.75, 3.05) is 30.8 Å². The van der Waals surface area contributed by atoms with Crippen LogP contribution < -0.4 is 16.2 Å². The van der Waals surface area contributed by atoms with Gasteiger partial charge >= 0.3 is 0 Å². The highest BCUT2D eigenvalue weighted by Gasteiger charge is 2.17. The molecule has 0 radical (unpaired) electrons. The van der Waals surface area contributed by atoms with Gasteiger partial charge in [-0.1, -0.05) is 68.6 Å². The summed E-state index contributed by atoms with van der Waals surface area (Å²) in [4.78, 5) is 9.64. The van der Waals surface area contributed by atoms with Crippen molar-refractivity contribution in [2.24, 2.45) is 4.99 Å². The molecule has 0 amide bonds. The maximum Gasteiger partial charge on any atom is 0.148 e. The van der Waals surface area contributed by atoms with Crippen LogP contribution in [0.2, 0.25) is 0 Å². The molecular weight excluding hydrogens is 426 g/mol. The van der Waals surface area contributed by atoms with Gasteiger partial charge in [-0.3, -0.25) is 9.71 Å². The Hall–Kier alpha value is -2.57. The van der Waals surface area contributed by atoms with E-state index in [1.807, 2.05) is 6.26 Å². The average molecular weight is 464 g/mol. The maximum absolute atomic E-state index is 6.53. The number of hydrogen-bond donors (Lipinski definition) is 3. The van der Waals surface area contributed by atoms with Crippen LogP contribution in [-0.2, 0) is 19.3 Å². The molecule has 0 aliphatic heterocycles. The zero-order chi connectivity index (χ0) is 23.6. The van der Waals surface area contributed by atoms with Crippen LogP contribution in [0, 0.1) is 0 Å². The summed E-state index contributed by atoms with van der Waals surface area (Å²) < 4.78 is 3.30. The Kier molecular flexibility index (Phi) is 9.58. The van der Waals surface area contributed by atoms with Crippen LogP contribution in [0.25, 0.3) is 10.9 Å². The fourth-order valence-corrected chi connectivity index (χ4v) is 4.31. The van der Waals surface area contributed by atoms with Crippen molar-refractivity contribution in [1.82, 2.24) is 9.71 Å². The lowest BCUT2D eigenvalue weighted by Gasteiger charge is -2.16. The molecule has 0 atom stereocenters. The molecule has 0 bridgehead atoms. The Labute approximate surface area is 202 Å². The topological polar surface area (TPSA) is 89.3 Å². The van der Waals surface area contributed by atoms with Crippen molar-refractivity contribution < 1.29 is 0 Å². The molecule has 0 aliphatic carbocycles. The van der Waals surface area contributed by atoms with Crippen LogP contribution in [0.15, 0.2) is 47.5 Å². The van der Waals surface area contributed by atoms with Crippen molar-refractivity contribution >= 4 is 40.1 Å². The van der Waals surface area contributed by atoms with Crippen molar-refractivity contribution in [1.29, 1.82) is 0 Å². The van der Waals surface area contributed by atoms with Crippen molar-refractivity contribution in [3.05, 3.63) is 64.7 Å². The van der Waals surface area contributed by atoms with E-state index in [4.69, 9.17) is 16.5 Å². The third-order valence-corrected chi connectivity index (χ3v) is 6.40. The minimum atomic E-state index is 0.378. The van der Waals surface area contributed by atoms with Crippen LogP contribution in [0.3, 0.4) is 0 Å². The fraction of sp³-hybridized carbons (Fsp3) is 0.407. The van der Waals surface area contributed by atoms with E-state index in [0.29, 0.717) is 11.5 Å². The van der Waals surface area contributed by atoms with Gasteiger partial charge in [0.05, 0.1) is 11.2 Å². The molecule has 33 heavy (non-hydrogen) atoms. The zero-order valence-corrected chi connectivity index (χ0v) is 21.0. The summed E-state index contributed by atoms with van der Waals surface area (Å²) in [5.41, 5.74) is 20.0. The highest BCUT2D eigenvalue weighted by Crippen LogP contribution is 2.30. The van der Waals surface area contributed by atoms with Gasteiger partial charge in [0.1, 0.15) is 5.82 Å². The van der Waals surface area contributed by atoms with E-state index in [-0.39, 0.29) is 0 Å². The molecule has 0 saturated heterocycles.